The predicted octanol–water partition coefficient (Wildman–Crippen LogP) is 4.84. The van der Waals surface area contributed by atoms with Crippen LogP contribution in [0.3, 0.4) is 0 Å². The Morgan fingerprint density at radius 1 is 1.05 bits per heavy atom. The number of alkyl halides is 3. The van der Waals surface area contributed by atoms with Crippen molar-refractivity contribution < 1.29 is 33.0 Å². The van der Waals surface area contributed by atoms with Crippen molar-refractivity contribution in [2.24, 2.45) is 0 Å². The lowest BCUT2D eigenvalue weighted by atomic mass is 9.88. The van der Waals surface area contributed by atoms with E-state index in [0.717, 1.165) is 40.3 Å². The van der Waals surface area contributed by atoms with E-state index in [9.17, 15) is 33.0 Å². The molecule has 0 bridgehead atoms. The highest BCUT2D eigenvalue weighted by Gasteiger charge is 2.35. The lowest BCUT2D eigenvalue weighted by Crippen LogP contribution is -2.42. The van der Waals surface area contributed by atoms with Crippen LogP contribution in [0, 0.1) is 0 Å². The molecule has 2 amide bonds. The highest BCUT2D eigenvalue weighted by atomic mass is 19.4. The molecule has 12 heteroatoms. The zero-order chi connectivity index (χ0) is 27.7. The molecule has 2 aromatic carbocycles. The van der Waals surface area contributed by atoms with Gasteiger partial charge in [-0.3, -0.25) is 9.69 Å². The van der Waals surface area contributed by atoms with Gasteiger partial charge in [-0.2, -0.15) is 13.2 Å². The highest BCUT2D eigenvalue weighted by Crippen LogP contribution is 2.37. The number of halogens is 3. The molecule has 1 aliphatic heterocycles. The second kappa shape index (κ2) is 10.5. The van der Waals surface area contributed by atoms with Crippen LogP contribution in [0.25, 0.3) is 11.3 Å². The van der Waals surface area contributed by atoms with Crippen molar-refractivity contribution in [3.63, 3.8) is 0 Å². The second-order valence-corrected chi connectivity index (χ2v) is 9.63. The van der Waals surface area contributed by atoms with Crippen LogP contribution in [0.5, 0.6) is 0 Å². The fraction of sp³-hybridized carbons (Fsp3) is 0.333. The third-order valence-electron chi connectivity index (χ3n) is 7.07. The van der Waals surface area contributed by atoms with Crippen LogP contribution in [-0.4, -0.2) is 55.8 Å². The van der Waals surface area contributed by atoms with E-state index in [1.54, 1.807) is 6.07 Å². The number of aliphatic hydroxyl groups is 1. The molecule has 9 nitrogen and oxygen atoms in total. The molecule has 1 fully saturated rings. The first-order valence-electron chi connectivity index (χ1n) is 12.5. The van der Waals surface area contributed by atoms with E-state index in [4.69, 9.17) is 0 Å². The molecule has 2 aliphatic rings. The van der Waals surface area contributed by atoms with Gasteiger partial charge in [0, 0.05) is 30.3 Å². The van der Waals surface area contributed by atoms with Crippen LogP contribution < -0.4 is 10.6 Å². The molecule has 1 aromatic heterocycles. The molecule has 0 radical (unpaired) electrons. The van der Waals surface area contributed by atoms with Gasteiger partial charge in [-0.1, -0.05) is 18.2 Å². The van der Waals surface area contributed by atoms with Crippen LogP contribution in [0.15, 0.2) is 48.8 Å². The Hall–Kier alpha value is -4.19. The number of fused-ring (bicyclic) bond motifs is 1. The number of hydrogen-bond donors (Lipinski definition) is 4. The largest absolute Gasteiger partial charge is 0.465 e. The summed E-state index contributed by atoms with van der Waals surface area (Å²) in [4.78, 5) is 33.9. The lowest BCUT2D eigenvalue weighted by molar-refractivity contribution is -0.137. The molecular formula is C27H26F3N5O4. The second-order valence-electron chi connectivity index (χ2n) is 9.63. The number of carboxylic acid groups (broad SMARTS) is 1. The number of aryl methyl sites for hydroxylation is 1. The van der Waals surface area contributed by atoms with Gasteiger partial charge >= 0.3 is 12.3 Å². The highest BCUT2D eigenvalue weighted by molar-refractivity contribution is 6.00. The van der Waals surface area contributed by atoms with E-state index in [1.807, 2.05) is 18.2 Å². The third-order valence-corrected chi connectivity index (χ3v) is 7.07. The summed E-state index contributed by atoms with van der Waals surface area (Å²) in [6.45, 7) is 0.171. The fourth-order valence-electron chi connectivity index (χ4n) is 5.13. The van der Waals surface area contributed by atoms with Crippen molar-refractivity contribution in [1.29, 1.82) is 0 Å². The van der Waals surface area contributed by atoms with Crippen LogP contribution in [0.1, 0.15) is 36.0 Å². The Morgan fingerprint density at radius 3 is 2.64 bits per heavy atom. The molecular weight excluding hydrogens is 515 g/mol. The van der Waals surface area contributed by atoms with E-state index >= 15 is 0 Å². The van der Waals surface area contributed by atoms with Gasteiger partial charge in [0.05, 0.1) is 23.0 Å². The molecule has 2 atom stereocenters. The molecule has 1 aliphatic carbocycles. The predicted molar refractivity (Wildman–Crippen MR) is 137 cm³/mol. The average Bonchev–Trinajstić information content (AvgIpc) is 3.40. The number of nitrogens with zero attached hydrogens (tertiary/aromatic N) is 3. The molecule has 39 heavy (non-hydrogen) atoms. The maximum Gasteiger partial charge on any atom is 0.416 e. The quantitative estimate of drug-likeness (QED) is 0.364. The van der Waals surface area contributed by atoms with Gasteiger partial charge in [-0.05, 0) is 55.0 Å². The zero-order valence-corrected chi connectivity index (χ0v) is 20.7. The first kappa shape index (κ1) is 26.4. The number of aliphatic hydroxyl groups excluding tert-OH is 1. The van der Waals surface area contributed by atoms with Gasteiger partial charge in [0.15, 0.2) is 0 Å². The summed E-state index contributed by atoms with van der Waals surface area (Å²) in [5.74, 6) is -0.337. The molecule has 204 valence electrons. The Labute approximate surface area is 221 Å². The van der Waals surface area contributed by atoms with Gasteiger partial charge in [0.2, 0.25) is 5.91 Å². The minimum atomic E-state index is -4.66. The molecule has 1 saturated heterocycles. The first-order chi connectivity index (χ1) is 18.6. The number of benzene rings is 2. The Kier molecular flexibility index (Phi) is 7.13. The Bertz CT molecular complexity index is 1410. The summed E-state index contributed by atoms with van der Waals surface area (Å²) in [5, 5.41) is 25.3. The van der Waals surface area contributed by atoms with Crippen LogP contribution >= 0.6 is 0 Å². The van der Waals surface area contributed by atoms with Crippen molar-refractivity contribution in [2.75, 3.05) is 17.2 Å². The third kappa shape index (κ3) is 5.65. The fourth-order valence-corrected chi connectivity index (χ4v) is 5.13. The maximum atomic E-state index is 13.5. The number of hydrogen-bond acceptors (Lipinski definition) is 6. The number of aromatic nitrogens is 2. The molecule has 5 rings (SSSR count). The van der Waals surface area contributed by atoms with Crippen molar-refractivity contribution in [3.8, 4) is 11.3 Å². The Morgan fingerprint density at radius 2 is 1.87 bits per heavy atom. The molecule has 2 heterocycles. The number of rotatable bonds is 5. The number of amides is 2. The van der Waals surface area contributed by atoms with E-state index < -0.39 is 35.9 Å². The molecule has 4 N–H and O–H groups in total. The van der Waals surface area contributed by atoms with Crippen molar-refractivity contribution >= 4 is 29.2 Å². The number of anilines is 3. The smallest absolute Gasteiger partial charge is 0.416 e. The average molecular weight is 542 g/mol. The SMILES string of the molecule is O=C(Nc1cc(C(F)(F)F)ccc1-c1cc(Nc2cccc3c2C[C@H](O)CC3)ncn1)C1CCCN1C(=O)O. The zero-order valence-electron chi connectivity index (χ0n) is 20.7. The normalized spacial score (nSPS) is 18.9. The van der Waals surface area contributed by atoms with Gasteiger partial charge in [-0.25, -0.2) is 14.8 Å². The molecule has 3 aromatic rings. The van der Waals surface area contributed by atoms with Crippen LogP contribution in [-0.2, 0) is 23.8 Å². The van der Waals surface area contributed by atoms with Gasteiger partial charge in [0.25, 0.3) is 0 Å². The summed E-state index contributed by atoms with van der Waals surface area (Å²) in [6.07, 6.45) is -2.46. The maximum absolute atomic E-state index is 13.5. The van der Waals surface area contributed by atoms with Gasteiger partial charge in [-0.15, -0.1) is 0 Å². The number of nitrogens with one attached hydrogen (secondary N) is 2. The molecule has 0 spiro atoms. The lowest BCUT2D eigenvalue weighted by Gasteiger charge is -2.23. The minimum absolute atomic E-state index is 0.142. The molecule has 1 unspecified atom stereocenters. The summed E-state index contributed by atoms with van der Waals surface area (Å²) in [6, 6.07) is 9.24. The topological polar surface area (TPSA) is 128 Å². The summed E-state index contributed by atoms with van der Waals surface area (Å²) < 4.78 is 40.6. The summed E-state index contributed by atoms with van der Waals surface area (Å²) in [7, 11) is 0. The standard InChI is InChI=1S/C27H26F3N5O4/c28-27(29,30)16-7-9-18(22(11-16)34-25(37)23-5-2-10-35(23)26(38)39)21-13-24(32-14-31-21)33-20-4-1-3-15-6-8-17(36)12-19(15)20/h1,3-4,7,9,11,13-14,17,23,36H,2,5-6,8,10,12H2,(H,34,37)(H,38,39)(H,31,32,33)/t17-,23?/m1/s1. The number of likely N-dealkylation sites (tertiary alicyclic amines) is 1. The first-order valence-corrected chi connectivity index (χ1v) is 12.5. The number of carbonyl (C=O) groups is 2. The van der Waals surface area contributed by atoms with E-state index in [1.165, 1.54) is 12.4 Å². The van der Waals surface area contributed by atoms with E-state index in [2.05, 4.69) is 20.6 Å². The number of carbonyl (C=O) groups excluding carboxylic acids is 1. The van der Waals surface area contributed by atoms with Gasteiger partial charge < -0.3 is 20.8 Å². The van der Waals surface area contributed by atoms with Crippen molar-refractivity contribution in [1.82, 2.24) is 14.9 Å². The van der Waals surface area contributed by atoms with Gasteiger partial charge in [0.1, 0.15) is 18.2 Å². The summed E-state index contributed by atoms with van der Waals surface area (Å²) >= 11 is 0. The van der Waals surface area contributed by atoms with E-state index in [-0.39, 0.29) is 29.9 Å². The van der Waals surface area contributed by atoms with E-state index in [0.29, 0.717) is 25.1 Å². The van der Waals surface area contributed by atoms with Crippen LogP contribution in [0.2, 0.25) is 0 Å². The molecule has 0 saturated carbocycles. The van der Waals surface area contributed by atoms with Crippen molar-refractivity contribution in [3.05, 3.63) is 65.5 Å². The minimum Gasteiger partial charge on any atom is -0.465 e. The van der Waals surface area contributed by atoms with Crippen LogP contribution in [0.4, 0.5) is 35.2 Å². The van der Waals surface area contributed by atoms with Crippen molar-refractivity contribution in [2.45, 2.75) is 50.4 Å². The Balaban J connectivity index is 1.47. The summed E-state index contributed by atoms with van der Waals surface area (Å²) in [5.41, 5.74) is 2.21. The monoisotopic (exact) mass is 541 g/mol.